The molecule has 0 atom stereocenters. The highest BCUT2D eigenvalue weighted by Gasteiger charge is 2.05. The summed E-state index contributed by atoms with van der Waals surface area (Å²) >= 11 is 0. The number of anilines is 1. The van der Waals surface area contributed by atoms with E-state index in [4.69, 9.17) is 0 Å². The maximum absolute atomic E-state index is 4.26. The van der Waals surface area contributed by atoms with Gasteiger partial charge in [-0.2, -0.15) is 0 Å². The third-order valence-corrected chi connectivity index (χ3v) is 3.63. The van der Waals surface area contributed by atoms with Gasteiger partial charge in [0.25, 0.3) is 0 Å². The van der Waals surface area contributed by atoms with E-state index in [1.807, 2.05) is 12.3 Å². The van der Waals surface area contributed by atoms with Crippen LogP contribution in [0.4, 0.5) is 5.82 Å². The van der Waals surface area contributed by atoms with Crippen LogP contribution >= 0.6 is 0 Å². The monoisotopic (exact) mass is 302 g/mol. The molecule has 3 aromatic heterocycles. The lowest BCUT2D eigenvalue weighted by Crippen LogP contribution is -2.02. The first kappa shape index (κ1) is 13.4. The first-order valence-electron chi connectivity index (χ1n) is 7.27. The molecule has 0 amide bonds. The molecule has 1 aromatic carbocycles. The highest BCUT2D eigenvalue weighted by atomic mass is 15.1. The first-order chi connectivity index (χ1) is 11.4. The van der Waals surface area contributed by atoms with Gasteiger partial charge in [0.1, 0.15) is 11.8 Å². The van der Waals surface area contributed by atoms with Crippen molar-refractivity contribution in [2.45, 2.75) is 6.54 Å². The van der Waals surface area contributed by atoms with Crippen molar-refractivity contribution in [1.82, 2.24) is 24.9 Å². The third-order valence-electron chi connectivity index (χ3n) is 3.63. The molecule has 0 saturated carbocycles. The van der Waals surface area contributed by atoms with Crippen molar-refractivity contribution in [2.75, 3.05) is 5.32 Å². The number of hydrogen-bond donors (Lipinski definition) is 2. The van der Waals surface area contributed by atoms with Crippen LogP contribution in [0, 0.1) is 0 Å². The second-order valence-corrected chi connectivity index (χ2v) is 5.12. The van der Waals surface area contributed by atoms with Crippen molar-refractivity contribution >= 4 is 17.0 Å². The minimum atomic E-state index is 0.662. The van der Waals surface area contributed by atoms with E-state index in [0.717, 1.165) is 22.5 Å². The molecule has 0 spiro atoms. The number of rotatable bonds is 4. The largest absolute Gasteiger partial charge is 0.364 e. The second kappa shape index (κ2) is 5.84. The summed E-state index contributed by atoms with van der Waals surface area (Å²) in [5.41, 5.74) is 4.92. The van der Waals surface area contributed by atoms with E-state index in [9.17, 15) is 0 Å². The predicted molar refractivity (Wildman–Crippen MR) is 88.7 cm³/mol. The van der Waals surface area contributed by atoms with E-state index in [-0.39, 0.29) is 0 Å². The number of nitrogens with one attached hydrogen (secondary N) is 2. The zero-order valence-electron chi connectivity index (χ0n) is 12.3. The quantitative estimate of drug-likeness (QED) is 0.606. The topological polar surface area (TPSA) is 79.4 Å². The number of imidazole rings is 1. The van der Waals surface area contributed by atoms with Crippen molar-refractivity contribution in [3.05, 3.63) is 67.0 Å². The van der Waals surface area contributed by atoms with Crippen molar-refractivity contribution in [3.63, 3.8) is 0 Å². The zero-order valence-corrected chi connectivity index (χ0v) is 12.3. The number of aromatic nitrogens is 5. The van der Waals surface area contributed by atoms with E-state index in [1.54, 1.807) is 12.5 Å². The number of nitrogens with zero attached hydrogens (tertiary/aromatic N) is 4. The number of hydrogen-bond acceptors (Lipinski definition) is 5. The van der Waals surface area contributed by atoms with Gasteiger partial charge < -0.3 is 10.3 Å². The van der Waals surface area contributed by atoms with Crippen molar-refractivity contribution in [3.8, 4) is 11.1 Å². The summed E-state index contributed by atoms with van der Waals surface area (Å²) in [6, 6.07) is 12.4. The van der Waals surface area contributed by atoms with Crippen LogP contribution in [0.5, 0.6) is 0 Å². The minimum absolute atomic E-state index is 0.662. The lowest BCUT2D eigenvalue weighted by molar-refractivity contribution is 1.10. The summed E-state index contributed by atoms with van der Waals surface area (Å²) in [5, 5.41) is 3.31. The average Bonchev–Trinajstić information content (AvgIpc) is 3.10. The van der Waals surface area contributed by atoms with Crippen molar-refractivity contribution in [1.29, 1.82) is 0 Å². The van der Waals surface area contributed by atoms with E-state index >= 15 is 0 Å². The molecule has 6 heteroatoms. The fourth-order valence-corrected chi connectivity index (χ4v) is 2.43. The summed E-state index contributed by atoms with van der Waals surface area (Å²) in [4.78, 5) is 19.7. The van der Waals surface area contributed by atoms with Gasteiger partial charge in [-0.25, -0.2) is 15.0 Å². The summed E-state index contributed by atoms with van der Waals surface area (Å²) in [7, 11) is 0. The molecule has 0 aliphatic rings. The van der Waals surface area contributed by atoms with Gasteiger partial charge in [0.2, 0.25) is 0 Å². The van der Waals surface area contributed by atoms with Gasteiger partial charge in [-0.3, -0.25) is 4.98 Å². The number of fused-ring (bicyclic) bond motifs is 1. The Labute approximate surface area is 132 Å². The highest BCUT2D eigenvalue weighted by Crippen LogP contribution is 2.19. The maximum atomic E-state index is 4.26. The van der Waals surface area contributed by atoms with Crippen LogP contribution < -0.4 is 5.32 Å². The molecule has 4 aromatic rings. The Morgan fingerprint density at radius 1 is 0.957 bits per heavy atom. The van der Waals surface area contributed by atoms with E-state index in [2.05, 4.69) is 60.6 Å². The van der Waals surface area contributed by atoms with Crippen LogP contribution in [0.1, 0.15) is 5.56 Å². The average molecular weight is 302 g/mol. The molecule has 0 radical (unpaired) electrons. The summed E-state index contributed by atoms with van der Waals surface area (Å²) < 4.78 is 0. The van der Waals surface area contributed by atoms with Gasteiger partial charge in [-0.15, -0.1) is 0 Å². The predicted octanol–water partition coefficient (Wildman–Crippen LogP) is 3.03. The Bertz CT molecular complexity index is 915. The van der Waals surface area contributed by atoms with Gasteiger partial charge >= 0.3 is 0 Å². The molecule has 0 saturated heterocycles. The lowest BCUT2D eigenvalue weighted by Gasteiger charge is -2.07. The number of benzene rings is 1. The van der Waals surface area contributed by atoms with Gasteiger partial charge in [-0.05, 0) is 22.8 Å². The molecule has 112 valence electrons. The molecular formula is C17H14N6. The molecule has 0 fully saturated rings. The lowest BCUT2D eigenvalue weighted by atomic mass is 10.1. The van der Waals surface area contributed by atoms with Crippen LogP contribution in [0.2, 0.25) is 0 Å². The van der Waals surface area contributed by atoms with Gasteiger partial charge in [0, 0.05) is 18.9 Å². The molecule has 6 nitrogen and oxygen atoms in total. The fraction of sp³-hybridized carbons (Fsp3) is 0.0588. The molecule has 3 heterocycles. The summed E-state index contributed by atoms with van der Waals surface area (Å²) in [6.07, 6.45) is 6.77. The van der Waals surface area contributed by atoms with Crippen molar-refractivity contribution in [2.24, 2.45) is 0 Å². The number of aromatic amines is 1. The van der Waals surface area contributed by atoms with Crippen molar-refractivity contribution < 1.29 is 0 Å². The fourth-order valence-electron chi connectivity index (χ4n) is 2.43. The normalized spacial score (nSPS) is 10.8. The Kier molecular flexibility index (Phi) is 3.40. The van der Waals surface area contributed by atoms with Crippen LogP contribution in [0.15, 0.2) is 61.4 Å². The number of H-pyrrole nitrogens is 1. The third kappa shape index (κ3) is 2.74. The van der Waals surface area contributed by atoms with E-state index in [1.165, 1.54) is 11.9 Å². The van der Waals surface area contributed by atoms with Gasteiger partial charge in [-0.1, -0.05) is 30.3 Å². The Morgan fingerprint density at radius 2 is 1.87 bits per heavy atom. The molecule has 4 rings (SSSR count). The Hall–Kier alpha value is -3.28. The molecule has 0 aliphatic heterocycles. The van der Waals surface area contributed by atoms with Crippen LogP contribution in [0.3, 0.4) is 0 Å². The number of pyridine rings is 1. The Morgan fingerprint density at radius 3 is 2.70 bits per heavy atom. The standard InChI is InChI=1S/C17H14N6/c1-2-14(9-18-7-1)13-5-3-12(4-6-13)8-19-16-15-17(21-10-20-15)23-11-22-16/h1-7,9-11H,8H2,(H2,19,20,21,22,23). The molecule has 23 heavy (non-hydrogen) atoms. The van der Waals surface area contributed by atoms with Gasteiger partial charge in [0.15, 0.2) is 11.5 Å². The summed E-state index contributed by atoms with van der Waals surface area (Å²) in [5.74, 6) is 0.754. The highest BCUT2D eigenvalue weighted by molar-refractivity contribution is 5.81. The smallest absolute Gasteiger partial charge is 0.182 e. The van der Waals surface area contributed by atoms with Crippen LogP contribution in [-0.2, 0) is 6.54 Å². The van der Waals surface area contributed by atoms with E-state index < -0.39 is 0 Å². The molecule has 0 bridgehead atoms. The van der Waals surface area contributed by atoms with Crippen LogP contribution in [-0.4, -0.2) is 24.9 Å². The Balaban J connectivity index is 1.50. The molecule has 0 aliphatic carbocycles. The van der Waals surface area contributed by atoms with Gasteiger partial charge in [0.05, 0.1) is 6.33 Å². The second-order valence-electron chi connectivity index (χ2n) is 5.12. The first-order valence-corrected chi connectivity index (χ1v) is 7.27. The van der Waals surface area contributed by atoms with E-state index in [0.29, 0.717) is 12.2 Å². The van der Waals surface area contributed by atoms with Crippen LogP contribution in [0.25, 0.3) is 22.3 Å². The maximum Gasteiger partial charge on any atom is 0.182 e. The minimum Gasteiger partial charge on any atom is -0.364 e. The molecule has 0 unspecified atom stereocenters. The molecular weight excluding hydrogens is 288 g/mol. The zero-order chi connectivity index (χ0) is 15.5. The summed E-state index contributed by atoms with van der Waals surface area (Å²) in [6.45, 7) is 0.679. The SMILES string of the molecule is c1cncc(-c2ccc(CNc3ncnc4nc[nH]c34)cc2)c1. The molecule has 2 N–H and O–H groups in total.